The van der Waals surface area contributed by atoms with E-state index in [0.29, 0.717) is 18.8 Å². The molecule has 1 aliphatic rings. The molecule has 1 saturated heterocycles. The Morgan fingerprint density at radius 1 is 1.56 bits per heavy atom. The SMILES string of the molecule is Cc1cccc(OCC(=O)N[C@H]2CCOC2=O)c1. The average molecular weight is 249 g/mol. The monoisotopic (exact) mass is 249 g/mol. The number of carbonyl (C=O) groups excluding carboxylic acids is 2. The Kier molecular flexibility index (Phi) is 3.82. The van der Waals surface area contributed by atoms with Crippen LogP contribution in [-0.2, 0) is 14.3 Å². The molecule has 0 aliphatic carbocycles. The zero-order chi connectivity index (χ0) is 13.0. The van der Waals surface area contributed by atoms with Crippen molar-refractivity contribution in [3.8, 4) is 5.75 Å². The van der Waals surface area contributed by atoms with E-state index in [2.05, 4.69) is 5.32 Å². The van der Waals surface area contributed by atoms with Gasteiger partial charge in [0.25, 0.3) is 5.91 Å². The minimum atomic E-state index is -0.529. The van der Waals surface area contributed by atoms with E-state index >= 15 is 0 Å². The molecule has 1 N–H and O–H groups in total. The van der Waals surface area contributed by atoms with Gasteiger partial charge in [-0.1, -0.05) is 12.1 Å². The summed E-state index contributed by atoms with van der Waals surface area (Å²) in [5, 5.41) is 2.58. The highest BCUT2D eigenvalue weighted by Gasteiger charge is 2.27. The van der Waals surface area contributed by atoms with Gasteiger partial charge in [-0.15, -0.1) is 0 Å². The molecular weight excluding hydrogens is 234 g/mol. The van der Waals surface area contributed by atoms with Crippen molar-refractivity contribution in [2.45, 2.75) is 19.4 Å². The normalized spacial score (nSPS) is 18.3. The number of hydrogen-bond acceptors (Lipinski definition) is 4. The third-order valence-corrected chi connectivity index (χ3v) is 2.63. The first kappa shape index (κ1) is 12.4. The first-order valence-electron chi connectivity index (χ1n) is 5.80. The predicted molar refractivity (Wildman–Crippen MR) is 64.2 cm³/mol. The molecule has 1 aliphatic heterocycles. The van der Waals surface area contributed by atoms with E-state index in [-0.39, 0.29) is 18.5 Å². The lowest BCUT2D eigenvalue weighted by molar-refractivity contribution is -0.141. The van der Waals surface area contributed by atoms with Crippen molar-refractivity contribution < 1.29 is 19.1 Å². The van der Waals surface area contributed by atoms with Gasteiger partial charge in [0.1, 0.15) is 11.8 Å². The Bertz CT molecular complexity index is 458. The van der Waals surface area contributed by atoms with Crippen molar-refractivity contribution in [3.05, 3.63) is 29.8 Å². The second-order valence-corrected chi connectivity index (χ2v) is 4.18. The van der Waals surface area contributed by atoms with E-state index in [0.717, 1.165) is 5.56 Å². The summed E-state index contributed by atoms with van der Waals surface area (Å²) in [6.45, 7) is 2.21. The summed E-state index contributed by atoms with van der Waals surface area (Å²) in [4.78, 5) is 22.7. The molecule has 0 bridgehead atoms. The maximum atomic E-state index is 11.6. The Labute approximate surface area is 105 Å². The molecule has 96 valence electrons. The first-order chi connectivity index (χ1) is 8.65. The molecule has 0 radical (unpaired) electrons. The summed E-state index contributed by atoms with van der Waals surface area (Å²) >= 11 is 0. The Balaban J connectivity index is 1.79. The van der Waals surface area contributed by atoms with E-state index in [1.54, 1.807) is 6.07 Å². The summed E-state index contributed by atoms with van der Waals surface area (Å²) in [5.41, 5.74) is 1.06. The van der Waals surface area contributed by atoms with Crippen molar-refractivity contribution >= 4 is 11.9 Å². The standard InChI is InChI=1S/C13H15NO4/c1-9-3-2-4-10(7-9)18-8-12(15)14-11-5-6-17-13(11)16/h2-4,7,11H,5-6,8H2,1H3,(H,14,15)/t11-/m0/s1. The molecule has 2 rings (SSSR count). The molecule has 1 amide bonds. The summed E-state index contributed by atoms with van der Waals surface area (Å²) in [6, 6.07) is 6.90. The molecule has 18 heavy (non-hydrogen) atoms. The first-order valence-corrected chi connectivity index (χ1v) is 5.80. The maximum Gasteiger partial charge on any atom is 0.328 e. The summed E-state index contributed by atoms with van der Waals surface area (Å²) in [7, 11) is 0. The molecular formula is C13H15NO4. The Morgan fingerprint density at radius 3 is 3.06 bits per heavy atom. The van der Waals surface area contributed by atoms with Gasteiger partial charge in [-0.05, 0) is 24.6 Å². The Morgan fingerprint density at radius 2 is 2.39 bits per heavy atom. The van der Waals surface area contributed by atoms with Crippen LogP contribution < -0.4 is 10.1 Å². The fourth-order valence-electron chi connectivity index (χ4n) is 1.72. The molecule has 0 aromatic heterocycles. The van der Waals surface area contributed by atoms with Gasteiger partial charge in [0.2, 0.25) is 0 Å². The molecule has 5 heteroatoms. The minimum absolute atomic E-state index is 0.104. The maximum absolute atomic E-state index is 11.6. The van der Waals surface area contributed by atoms with Crippen LogP contribution in [0.1, 0.15) is 12.0 Å². The van der Waals surface area contributed by atoms with Gasteiger partial charge in [-0.3, -0.25) is 4.79 Å². The number of benzene rings is 1. The average Bonchev–Trinajstić information content (AvgIpc) is 2.73. The van der Waals surface area contributed by atoms with Crippen LogP contribution in [0.25, 0.3) is 0 Å². The molecule has 5 nitrogen and oxygen atoms in total. The van der Waals surface area contributed by atoms with Crippen LogP contribution in [-0.4, -0.2) is 31.1 Å². The predicted octanol–water partition coefficient (Wildman–Crippen LogP) is 0.806. The molecule has 1 aromatic rings. The van der Waals surface area contributed by atoms with Gasteiger partial charge < -0.3 is 14.8 Å². The van der Waals surface area contributed by atoms with Crippen LogP contribution >= 0.6 is 0 Å². The van der Waals surface area contributed by atoms with Crippen molar-refractivity contribution in [2.24, 2.45) is 0 Å². The molecule has 0 spiro atoms. The third-order valence-electron chi connectivity index (χ3n) is 2.63. The van der Waals surface area contributed by atoms with Crippen LogP contribution in [0.5, 0.6) is 5.75 Å². The van der Waals surface area contributed by atoms with E-state index in [9.17, 15) is 9.59 Å². The number of aryl methyl sites for hydroxylation is 1. The molecule has 1 atom stereocenters. The summed E-state index contributed by atoms with van der Waals surface area (Å²) in [6.07, 6.45) is 0.523. The number of carbonyl (C=O) groups is 2. The number of rotatable bonds is 4. The van der Waals surface area contributed by atoms with Gasteiger partial charge in [0.05, 0.1) is 6.61 Å². The molecule has 1 aromatic carbocycles. The lowest BCUT2D eigenvalue weighted by Crippen LogP contribution is -2.40. The fraction of sp³-hybridized carbons (Fsp3) is 0.385. The van der Waals surface area contributed by atoms with E-state index in [4.69, 9.17) is 9.47 Å². The highest BCUT2D eigenvalue weighted by atomic mass is 16.5. The minimum Gasteiger partial charge on any atom is -0.484 e. The highest BCUT2D eigenvalue weighted by Crippen LogP contribution is 2.12. The number of cyclic esters (lactones) is 1. The lowest BCUT2D eigenvalue weighted by Gasteiger charge is -2.10. The van der Waals surface area contributed by atoms with Crippen LogP contribution in [0, 0.1) is 6.92 Å². The van der Waals surface area contributed by atoms with Crippen molar-refractivity contribution in [1.29, 1.82) is 0 Å². The zero-order valence-corrected chi connectivity index (χ0v) is 10.1. The second kappa shape index (κ2) is 5.53. The van der Waals surface area contributed by atoms with E-state index in [1.165, 1.54) is 0 Å². The molecule has 0 saturated carbocycles. The van der Waals surface area contributed by atoms with E-state index in [1.807, 2.05) is 25.1 Å². The van der Waals surface area contributed by atoms with Crippen LogP contribution in [0.3, 0.4) is 0 Å². The van der Waals surface area contributed by atoms with Crippen molar-refractivity contribution in [2.75, 3.05) is 13.2 Å². The van der Waals surface area contributed by atoms with Crippen molar-refractivity contribution in [3.63, 3.8) is 0 Å². The molecule has 0 unspecified atom stereocenters. The number of ether oxygens (including phenoxy) is 2. The van der Waals surface area contributed by atoms with Gasteiger partial charge in [-0.2, -0.15) is 0 Å². The number of nitrogens with one attached hydrogen (secondary N) is 1. The quantitative estimate of drug-likeness (QED) is 0.802. The van der Waals surface area contributed by atoms with Crippen LogP contribution in [0.4, 0.5) is 0 Å². The summed E-state index contributed by atoms with van der Waals surface area (Å²) < 4.78 is 10.1. The topological polar surface area (TPSA) is 64.6 Å². The smallest absolute Gasteiger partial charge is 0.328 e. The van der Waals surface area contributed by atoms with Gasteiger partial charge in [0.15, 0.2) is 6.61 Å². The van der Waals surface area contributed by atoms with Crippen LogP contribution in [0.2, 0.25) is 0 Å². The molecule has 1 heterocycles. The Hall–Kier alpha value is -2.04. The third kappa shape index (κ3) is 3.23. The molecule has 1 fully saturated rings. The summed E-state index contributed by atoms with van der Waals surface area (Å²) in [5.74, 6) is -0.0570. The fourth-order valence-corrected chi connectivity index (χ4v) is 1.72. The van der Waals surface area contributed by atoms with E-state index < -0.39 is 6.04 Å². The second-order valence-electron chi connectivity index (χ2n) is 4.18. The van der Waals surface area contributed by atoms with Crippen LogP contribution in [0.15, 0.2) is 24.3 Å². The van der Waals surface area contributed by atoms with Gasteiger partial charge >= 0.3 is 5.97 Å². The number of amides is 1. The number of hydrogen-bond donors (Lipinski definition) is 1. The van der Waals surface area contributed by atoms with Crippen molar-refractivity contribution in [1.82, 2.24) is 5.32 Å². The zero-order valence-electron chi connectivity index (χ0n) is 10.1. The lowest BCUT2D eigenvalue weighted by atomic mass is 10.2. The van der Waals surface area contributed by atoms with Gasteiger partial charge in [0, 0.05) is 6.42 Å². The largest absolute Gasteiger partial charge is 0.484 e. The van der Waals surface area contributed by atoms with Gasteiger partial charge in [-0.25, -0.2) is 4.79 Å². The highest BCUT2D eigenvalue weighted by molar-refractivity contribution is 5.86. The number of esters is 1.